The lowest BCUT2D eigenvalue weighted by molar-refractivity contribution is -0.142. The van der Waals surface area contributed by atoms with Crippen LogP contribution in [-0.2, 0) is 24.0 Å². The number of carbonyl (C=O) groups is 5. The largest absolute Gasteiger partial charge is 0.369 e. The lowest BCUT2D eigenvalue weighted by atomic mass is 10.0. The molecule has 4 N–H and O–H groups in total. The van der Waals surface area contributed by atoms with E-state index in [1.165, 1.54) is 6.07 Å². The zero-order chi connectivity index (χ0) is 42.0. The maximum Gasteiger partial charge on any atom is 0.250 e. The lowest BCUT2D eigenvalue weighted by Gasteiger charge is -2.35. The third-order valence-corrected chi connectivity index (χ3v) is 13.0. The van der Waals surface area contributed by atoms with Crippen molar-refractivity contribution in [3.8, 4) is 11.3 Å². The Labute approximate surface area is 354 Å². The minimum Gasteiger partial charge on any atom is -0.369 e. The predicted molar refractivity (Wildman–Crippen MR) is 226 cm³/mol. The van der Waals surface area contributed by atoms with Gasteiger partial charge in [-0.15, -0.1) is 0 Å². The van der Waals surface area contributed by atoms with Crippen LogP contribution >= 0.6 is 0 Å². The third kappa shape index (κ3) is 8.89. The molecule has 5 amide bonds. The SMILES string of the molecule is O=C(N[C@@H](C(=O)N1CCC[C@H]1C(=O)NC1CCN(c2ccc(-c3cnc([C@@H]4CCCN4C(=O)[C@H](NC(=O)C4CC4)c4ccccc4)[nH]3)cc2F)CC1)c1ccccc1)C1CC1. The molecule has 0 spiro atoms. The number of hydrogen-bond acceptors (Lipinski definition) is 7. The van der Waals surface area contributed by atoms with E-state index in [-0.39, 0.29) is 59.3 Å². The van der Waals surface area contributed by atoms with Gasteiger partial charge in [0.2, 0.25) is 29.5 Å². The molecule has 9 rings (SSSR count). The molecule has 3 aliphatic heterocycles. The van der Waals surface area contributed by atoms with Gasteiger partial charge in [0.1, 0.15) is 29.8 Å². The van der Waals surface area contributed by atoms with Crippen molar-refractivity contribution in [1.29, 1.82) is 0 Å². The van der Waals surface area contributed by atoms with E-state index in [1.807, 2.05) is 71.6 Å². The monoisotopic (exact) mass is 828 g/mol. The zero-order valence-electron chi connectivity index (χ0n) is 34.2. The first-order valence-electron chi connectivity index (χ1n) is 21.9. The lowest BCUT2D eigenvalue weighted by Crippen LogP contribution is -2.53. The van der Waals surface area contributed by atoms with Gasteiger partial charge in [0.25, 0.3) is 0 Å². The van der Waals surface area contributed by atoms with E-state index in [2.05, 4.69) is 25.9 Å². The molecular weight excluding hydrogens is 776 g/mol. The fraction of sp³-hybridized carbons (Fsp3) is 0.447. The van der Waals surface area contributed by atoms with Crippen molar-refractivity contribution in [2.24, 2.45) is 11.8 Å². The number of aromatic amines is 1. The molecule has 3 aromatic carbocycles. The summed E-state index contributed by atoms with van der Waals surface area (Å²) in [6, 6.07) is 21.0. The highest BCUT2D eigenvalue weighted by Gasteiger charge is 2.42. The number of carbonyl (C=O) groups excluding carboxylic acids is 5. The van der Waals surface area contributed by atoms with Crippen LogP contribution in [0.15, 0.2) is 85.1 Å². The molecule has 3 saturated heterocycles. The topological polar surface area (TPSA) is 160 Å². The maximum atomic E-state index is 15.9. The van der Waals surface area contributed by atoms with Crippen LogP contribution in [-0.4, -0.2) is 87.6 Å². The van der Waals surface area contributed by atoms with Gasteiger partial charge < -0.3 is 35.6 Å². The summed E-state index contributed by atoms with van der Waals surface area (Å²) in [6.07, 6.45) is 9.01. The van der Waals surface area contributed by atoms with Gasteiger partial charge in [0.05, 0.1) is 23.6 Å². The molecule has 13 nitrogen and oxygen atoms in total. The molecule has 0 bridgehead atoms. The molecule has 2 aliphatic carbocycles. The summed E-state index contributed by atoms with van der Waals surface area (Å²) in [7, 11) is 0. The van der Waals surface area contributed by atoms with Gasteiger partial charge in [-0.1, -0.05) is 66.7 Å². The van der Waals surface area contributed by atoms with Crippen LogP contribution in [0.1, 0.15) is 99.3 Å². The second-order valence-corrected chi connectivity index (χ2v) is 17.3. The summed E-state index contributed by atoms with van der Waals surface area (Å²) in [4.78, 5) is 80.7. The van der Waals surface area contributed by atoms with Gasteiger partial charge >= 0.3 is 0 Å². The van der Waals surface area contributed by atoms with Gasteiger partial charge in [-0.2, -0.15) is 0 Å². The van der Waals surface area contributed by atoms with Crippen LogP contribution in [0.5, 0.6) is 0 Å². The number of benzene rings is 3. The van der Waals surface area contributed by atoms with Gasteiger partial charge in [0, 0.05) is 49.6 Å². The Kier molecular flexibility index (Phi) is 11.6. The molecule has 4 aromatic rings. The Bertz CT molecular complexity index is 2250. The summed E-state index contributed by atoms with van der Waals surface area (Å²) in [5.74, 6) is -0.680. The number of nitrogens with zero attached hydrogens (tertiary/aromatic N) is 4. The molecule has 1 aromatic heterocycles. The van der Waals surface area contributed by atoms with Crippen molar-refractivity contribution < 1.29 is 28.4 Å². The number of hydrogen-bond donors (Lipinski definition) is 4. The Morgan fingerprint density at radius 3 is 1.82 bits per heavy atom. The van der Waals surface area contributed by atoms with E-state index in [4.69, 9.17) is 0 Å². The van der Waals surface area contributed by atoms with Gasteiger partial charge in [-0.3, -0.25) is 24.0 Å². The van der Waals surface area contributed by atoms with Gasteiger partial charge in [-0.25, -0.2) is 9.37 Å². The standard InChI is InChI=1S/C47H53FN8O5/c48-35-27-33(36-28-49-42(51-36)38-13-7-23-55(38)46(60)40(29-9-3-1-4-10-29)52-43(57)31-15-16-31)19-20-37(35)54-25-21-34(22-26-54)50-45(59)39-14-8-24-56(39)47(61)41(30-11-5-2-6-12-30)53-44(58)32-17-18-32/h1-6,9-12,19-20,27-28,31-32,34,38-41H,7-8,13-18,21-26H2,(H,49,51)(H,50,59)(H,52,57)(H,53,58)/t38-,39-,40+,41+/m0/s1. The maximum absolute atomic E-state index is 15.9. The van der Waals surface area contributed by atoms with Gasteiger partial charge in [-0.05, 0) is 87.5 Å². The van der Waals surface area contributed by atoms with Crippen molar-refractivity contribution in [3.63, 3.8) is 0 Å². The number of halogens is 1. The van der Waals surface area contributed by atoms with Crippen molar-refractivity contribution in [3.05, 3.63) is 108 Å². The van der Waals surface area contributed by atoms with Crippen LogP contribution in [0, 0.1) is 17.7 Å². The van der Waals surface area contributed by atoms with E-state index in [1.54, 1.807) is 22.1 Å². The average molecular weight is 829 g/mol. The smallest absolute Gasteiger partial charge is 0.250 e. The average Bonchev–Trinajstić information content (AvgIpc) is 4.16. The normalized spacial score (nSPS) is 21.5. The summed E-state index contributed by atoms with van der Waals surface area (Å²) in [5, 5.41) is 9.15. The van der Waals surface area contributed by atoms with Crippen molar-refractivity contribution in [2.75, 3.05) is 31.1 Å². The molecule has 4 heterocycles. The molecule has 5 fully saturated rings. The predicted octanol–water partition coefficient (Wildman–Crippen LogP) is 5.49. The number of nitrogens with one attached hydrogen (secondary N) is 4. The molecule has 318 valence electrons. The Hall–Kier alpha value is -6.05. The molecule has 61 heavy (non-hydrogen) atoms. The van der Waals surface area contributed by atoms with Crippen molar-refractivity contribution in [2.45, 2.75) is 94.4 Å². The van der Waals surface area contributed by atoms with E-state index in [0.29, 0.717) is 86.6 Å². The molecule has 14 heteroatoms. The zero-order valence-corrected chi connectivity index (χ0v) is 34.2. The molecule has 4 atom stereocenters. The fourth-order valence-electron chi connectivity index (χ4n) is 9.17. The number of piperidine rings is 1. The summed E-state index contributed by atoms with van der Waals surface area (Å²) in [5.41, 5.74) is 3.19. The van der Waals surface area contributed by atoms with Gasteiger partial charge in [0.15, 0.2) is 0 Å². The van der Waals surface area contributed by atoms with E-state index in [0.717, 1.165) is 37.7 Å². The first-order chi connectivity index (χ1) is 29.7. The second kappa shape index (κ2) is 17.5. The Morgan fingerprint density at radius 2 is 1.23 bits per heavy atom. The third-order valence-electron chi connectivity index (χ3n) is 13.0. The fourth-order valence-corrected chi connectivity index (χ4v) is 9.17. The van der Waals surface area contributed by atoms with E-state index in [9.17, 15) is 24.0 Å². The first-order valence-corrected chi connectivity index (χ1v) is 21.9. The Balaban J connectivity index is 0.805. The van der Waals surface area contributed by atoms with Crippen LogP contribution < -0.4 is 20.9 Å². The van der Waals surface area contributed by atoms with E-state index < -0.39 is 18.1 Å². The highest BCUT2D eigenvalue weighted by Crippen LogP contribution is 2.36. The quantitative estimate of drug-likeness (QED) is 0.139. The highest BCUT2D eigenvalue weighted by atomic mass is 19.1. The summed E-state index contributed by atoms with van der Waals surface area (Å²) >= 11 is 0. The molecular formula is C47H53FN8O5. The van der Waals surface area contributed by atoms with Crippen LogP contribution in [0.3, 0.4) is 0 Å². The number of anilines is 1. The summed E-state index contributed by atoms with van der Waals surface area (Å²) in [6.45, 7) is 2.08. The number of amides is 5. The number of imidazole rings is 1. The molecule has 5 aliphatic rings. The van der Waals surface area contributed by atoms with Crippen LogP contribution in [0.4, 0.5) is 10.1 Å². The van der Waals surface area contributed by atoms with E-state index >= 15 is 4.39 Å². The van der Waals surface area contributed by atoms with Crippen LogP contribution in [0.2, 0.25) is 0 Å². The van der Waals surface area contributed by atoms with Crippen molar-refractivity contribution in [1.82, 2.24) is 35.7 Å². The Morgan fingerprint density at radius 1 is 0.656 bits per heavy atom. The second-order valence-electron chi connectivity index (χ2n) is 17.3. The number of aromatic nitrogens is 2. The van der Waals surface area contributed by atoms with Crippen LogP contribution in [0.25, 0.3) is 11.3 Å². The first kappa shape index (κ1) is 40.4. The number of likely N-dealkylation sites (tertiary alicyclic amines) is 2. The molecule has 0 radical (unpaired) electrons. The number of rotatable bonds is 13. The number of H-pyrrole nitrogens is 1. The minimum absolute atomic E-state index is 0.0332. The highest BCUT2D eigenvalue weighted by molar-refractivity contribution is 5.94. The van der Waals surface area contributed by atoms with Crippen molar-refractivity contribution >= 4 is 35.2 Å². The molecule has 2 saturated carbocycles. The minimum atomic E-state index is -0.845. The summed E-state index contributed by atoms with van der Waals surface area (Å²) < 4.78 is 15.9. The molecule has 0 unspecified atom stereocenters.